The standard InChI is InChI=1S/C22H23FN4OS2/c1-2-20-24-19-8-3-15(13-18(19)21(28)25-20)14-30-22(29)27-11-9-26(10-12-27)17-6-4-16(23)5-7-17/h3-8,13H,2,9-12,14H2,1H3,(H,24,25,28). The van der Waals surface area contributed by atoms with E-state index in [4.69, 9.17) is 12.2 Å². The van der Waals surface area contributed by atoms with Gasteiger partial charge in [0.05, 0.1) is 10.9 Å². The van der Waals surface area contributed by atoms with E-state index in [0.717, 1.165) is 47.3 Å². The number of benzene rings is 2. The van der Waals surface area contributed by atoms with Crippen LogP contribution in [0, 0.1) is 5.82 Å². The van der Waals surface area contributed by atoms with Crippen molar-refractivity contribution in [1.82, 2.24) is 14.9 Å². The number of aromatic nitrogens is 2. The minimum atomic E-state index is -0.216. The summed E-state index contributed by atoms with van der Waals surface area (Å²) in [5.41, 5.74) is 2.72. The fourth-order valence-corrected chi connectivity index (χ4v) is 4.72. The Labute approximate surface area is 184 Å². The summed E-state index contributed by atoms with van der Waals surface area (Å²) in [7, 11) is 0. The molecule has 1 aliphatic heterocycles. The largest absolute Gasteiger partial charge is 0.368 e. The Balaban J connectivity index is 1.34. The first-order valence-corrected chi connectivity index (χ1v) is 11.4. The lowest BCUT2D eigenvalue weighted by atomic mass is 10.1. The maximum absolute atomic E-state index is 13.1. The molecule has 30 heavy (non-hydrogen) atoms. The zero-order chi connectivity index (χ0) is 21.1. The minimum absolute atomic E-state index is 0.0943. The highest BCUT2D eigenvalue weighted by atomic mass is 32.2. The number of anilines is 1. The van der Waals surface area contributed by atoms with E-state index in [1.54, 1.807) is 11.8 Å². The number of halogens is 1. The van der Waals surface area contributed by atoms with Crippen molar-refractivity contribution in [3.05, 3.63) is 70.0 Å². The van der Waals surface area contributed by atoms with E-state index in [2.05, 4.69) is 19.8 Å². The van der Waals surface area contributed by atoms with Gasteiger partial charge < -0.3 is 14.8 Å². The van der Waals surface area contributed by atoms with Crippen molar-refractivity contribution in [3.63, 3.8) is 0 Å². The van der Waals surface area contributed by atoms with Crippen LogP contribution in [0.5, 0.6) is 0 Å². The fraction of sp³-hybridized carbons (Fsp3) is 0.318. The zero-order valence-corrected chi connectivity index (χ0v) is 18.4. The van der Waals surface area contributed by atoms with Gasteiger partial charge in [-0.2, -0.15) is 0 Å². The fourth-order valence-electron chi connectivity index (χ4n) is 3.53. The van der Waals surface area contributed by atoms with Crippen molar-refractivity contribution in [2.24, 2.45) is 0 Å². The van der Waals surface area contributed by atoms with Crippen LogP contribution in [0.2, 0.25) is 0 Å². The van der Waals surface area contributed by atoms with Gasteiger partial charge in [-0.1, -0.05) is 37.0 Å². The third-order valence-corrected chi connectivity index (χ3v) is 6.84. The molecular formula is C22H23FN4OS2. The Morgan fingerprint density at radius 1 is 1.17 bits per heavy atom. The SMILES string of the molecule is CCc1nc2ccc(CSC(=S)N3CCN(c4ccc(F)cc4)CC3)cc2c(=O)[nH]1. The number of fused-ring (bicyclic) bond motifs is 1. The van der Waals surface area contributed by atoms with Gasteiger partial charge in [-0.25, -0.2) is 9.37 Å². The lowest BCUT2D eigenvalue weighted by molar-refractivity contribution is 0.397. The number of thioether (sulfide) groups is 1. The van der Waals surface area contributed by atoms with E-state index in [1.165, 1.54) is 12.1 Å². The molecule has 0 amide bonds. The summed E-state index contributed by atoms with van der Waals surface area (Å²) in [5.74, 6) is 1.20. The molecule has 1 aromatic heterocycles. The summed E-state index contributed by atoms with van der Waals surface area (Å²) in [6.07, 6.45) is 0.700. The summed E-state index contributed by atoms with van der Waals surface area (Å²) in [4.78, 5) is 24.1. The third kappa shape index (κ3) is 4.65. The highest BCUT2D eigenvalue weighted by Crippen LogP contribution is 2.22. The van der Waals surface area contributed by atoms with Crippen LogP contribution in [0.3, 0.4) is 0 Å². The molecule has 0 unspecified atom stereocenters. The second-order valence-electron chi connectivity index (χ2n) is 7.22. The average molecular weight is 443 g/mol. The lowest BCUT2D eigenvalue weighted by Crippen LogP contribution is -2.47. The molecule has 0 aliphatic carbocycles. The van der Waals surface area contributed by atoms with Crippen LogP contribution < -0.4 is 10.5 Å². The molecule has 1 N–H and O–H groups in total. The normalized spacial score (nSPS) is 14.3. The molecule has 0 saturated carbocycles. The van der Waals surface area contributed by atoms with E-state index in [9.17, 15) is 9.18 Å². The van der Waals surface area contributed by atoms with Crippen molar-refractivity contribution >= 4 is 44.9 Å². The maximum atomic E-state index is 13.1. The van der Waals surface area contributed by atoms with Crippen molar-refractivity contribution in [2.45, 2.75) is 19.1 Å². The van der Waals surface area contributed by atoms with Gasteiger partial charge in [-0.15, -0.1) is 0 Å². The molecule has 3 aromatic rings. The molecule has 1 aliphatic rings. The molecule has 2 heterocycles. The van der Waals surface area contributed by atoms with E-state index >= 15 is 0 Å². The Morgan fingerprint density at radius 2 is 1.90 bits per heavy atom. The predicted octanol–water partition coefficient (Wildman–Crippen LogP) is 3.96. The number of nitrogens with one attached hydrogen (secondary N) is 1. The molecule has 0 radical (unpaired) electrons. The van der Waals surface area contributed by atoms with Gasteiger partial charge in [-0.3, -0.25) is 4.79 Å². The van der Waals surface area contributed by atoms with Crippen molar-refractivity contribution < 1.29 is 4.39 Å². The first-order valence-electron chi connectivity index (χ1n) is 9.97. The molecule has 1 fully saturated rings. The number of thiocarbonyl (C=S) groups is 1. The minimum Gasteiger partial charge on any atom is -0.368 e. The number of piperazine rings is 1. The summed E-state index contributed by atoms with van der Waals surface area (Å²) in [6, 6.07) is 12.4. The van der Waals surface area contributed by atoms with Gasteiger partial charge in [-0.05, 0) is 42.0 Å². The summed E-state index contributed by atoms with van der Waals surface area (Å²) < 4.78 is 14.0. The van der Waals surface area contributed by atoms with Crippen molar-refractivity contribution in [1.29, 1.82) is 0 Å². The van der Waals surface area contributed by atoms with Gasteiger partial charge in [0, 0.05) is 44.0 Å². The molecule has 2 aromatic carbocycles. The van der Waals surface area contributed by atoms with Crippen LogP contribution in [0.15, 0.2) is 47.3 Å². The molecule has 156 valence electrons. The molecule has 1 saturated heterocycles. The monoisotopic (exact) mass is 442 g/mol. The van der Waals surface area contributed by atoms with Gasteiger partial charge in [0.1, 0.15) is 16.0 Å². The first kappa shape index (κ1) is 20.8. The van der Waals surface area contributed by atoms with E-state index in [1.807, 2.05) is 37.3 Å². The Bertz CT molecular complexity index is 1110. The Kier molecular flexibility index (Phi) is 6.34. The van der Waals surface area contributed by atoms with Crippen LogP contribution in [0.4, 0.5) is 10.1 Å². The number of H-pyrrole nitrogens is 1. The predicted molar refractivity (Wildman–Crippen MR) is 126 cm³/mol. The second-order valence-corrected chi connectivity index (χ2v) is 8.83. The third-order valence-electron chi connectivity index (χ3n) is 5.25. The molecule has 0 atom stereocenters. The second kappa shape index (κ2) is 9.14. The molecule has 0 bridgehead atoms. The number of hydrogen-bond donors (Lipinski definition) is 1. The van der Waals surface area contributed by atoms with Gasteiger partial charge in [0.25, 0.3) is 5.56 Å². The van der Waals surface area contributed by atoms with Crippen LogP contribution in [-0.2, 0) is 12.2 Å². The zero-order valence-electron chi connectivity index (χ0n) is 16.7. The molecule has 4 rings (SSSR count). The summed E-state index contributed by atoms with van der Waals surface area (Å²) >= 11 is 7.25. The van der Waals surface area contributed by atoms with Gasteiger partial charge in [0.15, 0.2) is 0 Å². The van der Waals surface area contributed by atoms with Gasteiger partial charge in [0.2, 0.25) is 0 Å². The molecule has 5 nitrogen and oxygen atoms in total. The Morgan fingerprint density at radius 3 is 2.60 bits per heavy atom. The number of hydrogen-bond acceptors (Lipinski definition) is 5. The smallest absolute Gasteiger partial charge is 0.258 e. The number of rotatable bonds is 4. The van der Waals surface area contributed by atoms with Crippen LogP contribution in [0.1, 0.15) is 18.3 Å². The van der Waals surface area contributed by atoms with E-state index < -0.39 is 0 Å². The summed E-state index contributed by atoms with van der Waals surface area (Å²) in [6.45, 7) is 5.34. The molecule has 8 heteroatoms. The summed E-state index contributed by atoms with van der Waals surface area (Å²) in [5, 5.41) is 0.615. The number of aryl methyl sites for hydroxylation is 1. The highest BCUT2D eigenvalue weighted by molar-refractivity contribution is 8.22. The molecule has 0 spiro atoms. The lowest BCUT2D eigenvalue weighted by Gasteiger charge is -2.37. The highest BCUT2D eigenvalue weighted by Gasteiger charge is 2.19. The quantitative estimate of drug-likeness (QED) is 0.617. The first-order chi connectivity index (χ1) is 14.5. The Hall–Kier alpha value is -2.45. The van der Waals surface area contributed by atoms with Crippen LogP contribution in [0.25, 0.3) is 10.9 Å². The van der Waals surface area contributed by atoms with Gasteiger partial charge >= 0.3 is 0 Å². The van der Waals surface area contributed by atoms with E-state index in [-0.39, 0.29) is 11.4 Å². The van der Waals surface area contributed by atoms with E-state index in [0.29, 0.717) is 23.4 Å². The maximum Gasteiger partial charge on any atom is 0.258 e. The van der Waals surface area contributed by atoms with Crippen LogP contribution in [-0.4, -0.2) is 45.4 Å². The average Bonchev–Trinajstić information content (AvgIpc) is 2.78. The van der Waals surface area contributed by atoms with Crippen LogP contribution >= 0.6 is 24.0 Å². The topological polar surface area (TPSA) is 52.2 Å². The van der Waals surface area contributed by atoms with Crippen molar-refractivity contribution in [3.8, 4) is 0 Å². The number of aromatic amines is 1. The van der Waals surface area contributed by atoms with Crippen molar-refractivity contribution in [2.75, 3.05) is 31.1 Å². The molecular weight excluding hydrogens is 419 g/mol. The number of nitrogens with zero attached hydrogens (tertiary/aromatic N) is 3.